The summed E-state index contributed by atoms with van der Waals surface area (Å²) in [5.74, 6) is 0.775. The van der Waals surface area contributed by atoms with Gasteiger partial charge in [0.1, 0.15) is 5.56 Å². The summed E-state index contributed by atoms with van der Waals surface area (Å²) in [5.41, 5.74) is 1.73. The Kier molecular flexibility index (Phi) is 6.99. The summed E-state index contributed by atoms with van der Waals surface area (Å²) in [5, 5.41) is 17.8. The summed E-state index contributed by atoms with van der Waals surface area (Å²) in [6, 6.07) is 24.5. The third-order valence-electron chi connectivity index (χ3n) is 6.65. The van der Waals surface area contributed by atoms with Crippen LogP contribution >= 0.6 is 0 Å². The lowest BCUT2D eigenvalue weighted by Crippen LogP contribution is -2.34. The van der Waals surface area contributed by atoms with Crippen molar-refractivity contribution in [2.45, 2.75) is 25.4 Å². The zero-order valence-corrected chi connectivity index (χ0v) is 21.1. The lowest BCUT2D eigenvalue weighted by molar-refractivity contribution is 0.354. The number of hydrogen-bond acceptors (Lipinski definition) is 7. The van der Waals surface area contributed by atoms with E-state index in [9.17, 15) is 14.7 Å². The van der Waals surface area contributed by atoms with Gasteiger partial charge in [0.05, 0.1) is 31.7 Å². The van der Waals surface area contributed by atoms with Crippen LogP contribution in [0, 0.1) is 0 Å². The first-order chi connectivity index (χ1) is 18.5. The number of aromatic hydroxyl groups is 1. The van der Waals surface area contributed by atoms with Gasteiger partial charge in [-0.1, -0.05) is 54.6 Å². The summed E-state index contributed by atoms with van der Waals surface area (Å²) < 4.78 is 12.1. The minimum atomic E-state index is -0.678. The second-order valence-electron chi connectivity index (χ2n) is 8.91. The van der Waals surface area contributed by atoms with E-state index in [2.05, 4.69) is 4.98 Å². The van der Waals surface area contributed by atoms with Crippen LogP contribution < -0.4 is 25.7 Å². The van der Waals surface area contributed by atoms with E-state index in [0.29, 0.717) is 30.1 Å². The average Bonchev–Trinajstić information content (AvgIpc) is 3.38. The summed E-state index contributed by atoms with van der Waals surface area (Å²) in [4.78, 5) is 28.0. The molecule has 2 heterocycles. The number of aromatic nitrogens is 2. The van der Waals surface area contributed by atoms with Gasteiger partial charge in [-0.2, -0.15) is 5.10 Å². The van der Waals surface area contributed by atoms with Crippen LogP contribution in [0.25, 0.3) is 0 Å². The third kappa shape index (κ3) is 4.78. The number of aromatic amines is 1. The Balaban J connectivity index is 1.55. The molecule has 0 radical (unpaired) electrons. The van der Waals surface area contributed by atoms with Crippen molar-refractivity contribution < 1.29 is 14.6 Å². The fraction of sp³-hybridized carbons (Fsp3) is 0.207. The number of para-hydroxylation sites is 1. The molecule has 0 saturated heterocycles. The lowest BCUT2D eigenvalue weighted by atomic mass is 9.98. The molecule has 0 bridgehead atoms. The van der Waals surface area contributed by atoms with Crippen LogP contribution in [0.4, 0.5) is 5.69 Å². The molecule has 0 unspecified atom stereocenters. The predicted molar refractivity (Wildman–Crippen MR) is 145 cm³/mol. The molecule has 0 spiro atoms. The Labute approximate surface area is 219 Å². The van der Waals surface area contributed by atoms with Crippen molar-refractivity contribution in [1.82, 2.24) is 9.55 Å². The predicted octanol–water partition coefficient (Wildman–Crippen LogP) is 3.86. The molecule has 194 valence electrons. The minimum absolute atomic E-state index is 0.0124. The number of rotatable bonds is 8. The van der Waals surface area contributed by atoms with E-state index >= 15 is 0 Å². The highest BCUT2D eigenvalue weighted by molar-refractivity contribution is 6.04. The minimum Gasteiger partial charge on any atom is -0.494 e. The molecule has 0 fully saturated rings. The Morgan fingerprint density at radius 3 is 2.32 bits per heavy atom. The zero-order chi connectivity index (χ0) is 26.6. The Morgan fingerprint density at radius 1 is 0.947 bits per heavy atom. The zero-order valence-electron chi connectivity index (χ0n) is 21.1. The summed E-state index contributed by atoms with van der Waals surface area (Å²) in [6.45, 7) is 0.202. The Bertz CT molecular complexity index is 1580. The maximum absolute atomic E-state index is 13.0. The van der Waals surface area contributed by atoms with Crippen molar-refractivity contribution in [2.24, 2.45) is 5.10 Å². The van der Waals surface area contributed by atoms with E-state index in [1.165, 1.54) is 4.57 Å². The molecule has 2 N–H and O–H groups in total. The van der Waals surface area contributed by atoms with Gasteiger partial charge in [0, 0.05) is 13.0 Å². The lowest BCUT2D eigenvalue weighted by Gasteiger charge is -2.24. The van der Waals surface area contributed by atoms with Gasteiger partial charge in [-0.15, -0.1) is 0 Å². The van der Waals surface area contributed by atoms with E-state index in [1.54, 1.807) is 14.2 Å². The van der Waals surface area contributed by atoms with E-state index < -0.39 is 17.1 Å². The molecule has 4 aromatic rings. The highest BCUT2D eigenvalue weighted by Crippen LogP contribution is 2.40. The van der Waals surface area contributed by atoms with Gasteiger partial charge in [0.15, 0.2) is 11.5 Å². The maximum Gasteiger partial charge on any atom is 0.331 e. The number of benzene rings is 3. The van der Waals surface area contributed by atoms with Gasteiger partial charge in [0.2, 0.25) is 5.88 Å². The first kappa shape index (κ1) is 24.9. The number of H-pyrrole nitrogens is 1. The van der Waals surface area contributed by atoms with Crippen LogP contribution in [0.5, 0.6) is 17.4 Å². The van der Waals surface area contributed by atoms with Gasteiger partial charge < -0.3 is 14.6 Å². The Morgan fingerprint density at radius 2 is 1.63 bits per heavy atom. The fourth-order valence-corrected chi connectivity index (χ4v) is 4.71. The second kappa shape index (κ2) is 10.7. The molecule has 5 rings (SSSR count). The number of aryl methyl sites for hydroxylation is 1. The second-order valence-corrected chi connectivity index (χ2v) is 8.91. The van der Waals surface area contributed by atoms with Gasteiger partial charge in [-0.05, 0) is 41.8 Å². The van der Waals surface area contributed by atoms with Gasteiger partial charge in [-0.3, -0.25) is 19.4 Å². The monoisotopic (exact) mass is 512 g/mol. The summed E-state index contributed by atoms with van der Waals surface area (Å²) >= 11 is 0. The van der Waals surface area contributed by atoms with Crippen LogP contribution in [0.1, 0.15) is 29.2 Å². The standard InChI is InChI=1S/C29H28N4O5/c1-37-24-14-13-20(17-25(24)38-2)23-18-22(31-33(23)21-11-7-4-8-12-21)26-27(34)30-29(36)32(28(26)35)16-15-19-9-5-3-6-10-19/h3-14,17,23,35H,15-16,18H2,1-2H3,(H,30,34,36)/t23-/m0/s1. The van der Waals surface area contributed by atoms with E-state index in [-0.39, 0.29) is 18.2 Å². The smallest absolute Gasteiger partial charge is 0.331 e. The number of anilines is 1. The Hall–Kier alpha value is -4.79. The van der Waals surface area contributed by atoms with Crippen LogP contribution in [0.2, 0.25) is 0 Å². The SMILES string of the molecule is COc1ccc([C@@H]2CC(c3c(O)n(CCc4ccccc4)c(=O)[nH]c3=O)=NN2c2ccccc2)cc1OC. The molecular formula is C29H28N4O5. The van der Waals surface area contributed by atoms with E-state index in [0.717, 1.165) is 16.8 Å². The summed E-state index contributed by atoms with van der Waals surface area (Å²) in [7, 11) is 3.15. The quantitative estimate of drug-likeness (QED) is 0.371. The van der Waals surface area contributed by atoms with E-state index in [1.807, 2.05) is 83.9 Å². The number of nitrogens with one attached hydrogen (secondary N) is 1. The highest BCUT2D eigenvalue weighted by Gasteiger charge is 2.33. The number of nitrogens with zero attached hydrogens (tertiary/aromatic N) is 3. The fourth-order valence-electron chi connectivity index (χ4n) is 4.71. The van der Waals surface area contributed by atoms with Crippen LogP contribution in [-0.2, 0) is 13.0 Å². The molecule has 9 nitrogen and oxygen atoms in total. The molecule has 0 saturated carbocycles. The average molecular weight is 513 g/mol. The third-order valence-corrected chi connectivity index (χ3v) is 6.65. The number of hydrazone groups is 1. The molecule has 3 aromatic carbocycles. The molecule has 0 aliphatic carbocycles. The topological polar surface area (TPSA) is 109 Å². The molecule has 9 heteroatoms. The van der Waals surface area contributed by atoms with Gasteiger partial charge in [0.25, 0.3) is 5.56 Å². The first-order valence-electron chi connectivity index (χ1n) is 12.2. The highest BCUT2D eigenvalue weighted by atomic mass is 16.5. The normalized spacial score (nSPS) is 14.8. The first-order valence-corrected chi connectivity index (χ1v) is 12.2. The molecule has 1 aliphatic heterocycles. The molecule has 1 aromatic heterocycles. The number of ether oxygens (including phenoxy) is 2. The van der Waals surface area contributed by atoms with Gasteiger partial charge in [-0.25, -0.2) is 4.79 Å². The van der Waals surface area contributed by atoms with Crippen molar-refractivity contribution in [1.29, 1.82) is 0 Å². The summed E-state index contributed by atoms with van der Waals surface area (Å²) in [6.07, 6.45) is 0.828. The van der Waals surface area contributed by atoms with Crippen molar-refractivity contribution in [3.8, 4) is 17.4 Å². The van der Waals surface area contributed by atoms with Crippen molar-refractivity contribution >= 4 is 11.4 Å². The van der Waals surface area contributed by atoms with Crippen molar-refractivity contribution in [3.05, 3.63) is 116 Å². The van der Waals surface area contributed by atoms with Crippen molar-refractivity contribution in [2.75, 3.05) is 19.2 Å². The van der Waals surface area contributed by atoms with Crippen LogP contribution in [0.15, 0.2) is 93.6 Å². The van der Waals surface area contributed by atoms with Gasteiger partial charge >= 0.3 is 5.69 Å². The molecule has 38 heavy (non-hydrogen) atoms. The number of methoxy groups -OCH3 is 2. The van der Waals surface area contributed by atoms with Crippen LogP contribution in [0.3, 0.4) is 0 Å². The molecule has 1 aliphatic rings. The molecule has 1 atom stereocenters. The largest absolute Gasteiger partial charge is 0.494 e. The molecular weight excluding hydrogens is 484 g/mol. The maximum atomic E-state index is 13.0. The van der Waals surface area contributed by atoms with E-state index in [4.69, 9.17) is 14.6 Å². The molecule has 0 amide bonds. The number of hydrogen-bond donors (Lipinski definition) is 2. The van der Waals surface area contributed by atoms with Crippen molar-refractivity contribution in [3.63, 3.8) is 0 Å². The van der Waals surface area contributed by atoms with Crippen LogP contribution in [-0.4, -0.2) is 34.6 Å².